The van der Waals surface area contributed by atoms with Crippen molar-refractivity contribution in [1.82, 2.24) is 0 Å². The lowest BCUT2D eigenvalue weighted by atomic mass is 10.2. The Morgan fingerprint density at radius 1 is 1.30 bits per heavy atom. The average Bonchev–Trinajstić information content (AvgIpc) is 1.88. The first-order valence-corrected chi connectivity index (χ1v) is 3.87. The van der Waals surface area contributed by atoms with Gasteiger partial charge >= 0.3 is 0 Å². The Morgan fingerprint density at radius 3 is 2.50 bits per heavy atom. The molecule has 0 radical (unpaired) electrons. The van der Waals surface area contributed by atoms with Gasteiger partial charge in [-0.1, -0.05) is 41.5 Å². The summed E-state index contributed by atoms with van der Waals surface area (Å²) in [4.78, 5) is 0. The maximum absolute atomic E-state index is 5.75. The molecule has 0 N–H and O–H groups in total. The molecule has 0 aliphatic carbocycles. The molecule has 0 saturated carbocycles. The van der Waals surface area contributed by atoms with E-state index in [1.807, 2.05) is 0 Å². The van der Waals surface area contributed by atoms with E-state index in [0.717, 1.165) is 5.56 Å². The van der Waals surface area contributed by atoms with Crippen LogP contribution in [-0.4, -0.2) is 5.37 Å². The summed E-state index contributed by atoms with van der Waals surface area (Å²) in [6.07, 6.45) is 0. The van der Waals surface area contributed by atoms with E-state index in [4.69, 9.17) is 35.4 Å². The van der Waals surface area contributed by atoms with Crippen LogP contribution in [0.5, 0.6) is 0 Å². The zero-order valence-electron chi connectivity index (χ0n) is 4.97. The van der Waals surface area contributed by atoms with Crippen LogP contribution >= 0.6 is 35.4 Å². The third-order valence-electron chi connectivity index (χ3n) is 1.09. The lowest BCUT2D eigenvalue weighted by Crippen LogP contribution is -1.78. The molecule has 0 fully saturated rings. The Bertz CT molecular complexity index is 258. The molecule has 0 bridgehead atoms. The first-order chi connectivity index (χ1) is 4.74. The summed E-state index contributed by atoms with van der Waals surface area (Å²) in [6, 6.07) is 5.21. The summed E-state index contributed by atoms with van der Waals surface area (Å²) in [6.45, 7) is 0. The number of halogens is 2. The van der Waals surface area contributed by atoms with E-state index in [9.17, 15) is 0 Å². The van der Waals surface area contributed by atoms with E-state index < -0.39 is 0 Å². The van der Waals surface area contributed by atoms with Crippen molar-refractivity contribution >= 4 is 40.8 Å². The van der Waals surface area contributed by atoms with Gasteiger partial charge < -0.3 is 0 Å². The quantitative estimate of drug-likeness (QED) is 0.613. The number of rotatable bonds is 1. The number of hydrogen-bond acceptors (Lipinski definition) is 1. The minimum Gasteiger partial charge on any atom is -0.0880 e. The van der Waals surface area contributed by atoms with Crippen LogP contribution in [0.4, 0.5) is 0 Å². The van der Waals surface area contributed by atoms with Gasteiger partial charge in [-0.2, -0.15) is 0 Å². The van der Waals surface area contributed by atoms with Gasteiger partial charge in [-0.3, -0.25) is 0 Å². The molecule has 0 heterocycles. The molecule has 1 rings (SSSR count). The largest absolute Gasteiger partial charge is 0.0880 e. The molecular formula is C7H4Cl2S. The van der Waals surface area contributed by atoms with Gasteiger partial charge in [0.15, 0.2) is 0 Å². The van der Waals surface area contributed by atoms with Gasteiger partial charge in [0.25, 0.3) is 0 Å². The zero-order valence-corrected chi connectivity index (χ0v) is 7.30. The molecule has 0 aliphatic rings. The predicted octanol–water partition coefficient (Wildman–Crippen LogP) is 3.34. The van der Waals surface area contributed by atoms with Gasteiger partial charge in [0.1, 0.15) is 0 Å². The molecule has 0 unspecified atom stereocenters. The Labute approximate surface area is 74.8 Å². The van der Waals surface area contributed by atoms with E-state index in [1.54, 1.807) is 18.2 Å². The maximum Gasteiger partial charge on any atom is 0.0501 e. The molecule has 0 nitrogen and oxygen atoms in total. The van der Waals surface area contributed by atoms with Crippen LogP contribution in [0.15, 0.2) is 18.2 Å². The van der Waals surface area contributed by atoms with Gasteiger partial charge in [0.2, 0.25) is 0 Å². The highest BCUT2D eigenvalue weighted by Crippen LogP contribution is 2.19. The average molecular weight is 191 g/mol. The van der Waals surface area contributed by atoms with Crippen LogP contribution in [0.2, 0.25) is 10.0 Å². The summed E-state index contributed by atoms with van der Waals surface area (Å²) in [7, 11) is 0. The van der Waals surface area contributed by atoms with Gasteiger partial charge in [0, 0.05) is 16.0 Å². The molecule has 1 aromatic carbocycles. The molecule has 0 saturated heterocycles. The standard InChI is InChI=1S/C7H4Cl2S/c8-6-2-1-5(4-10)7(9)3-6/h1-4H. The van der Waals surface area contributed by atoms with Gasteiger partial charge in [-0.05, 0) is 12.1 Å². The second kappa shape index (κ2) is 3.33. The molecule has 0 amide bonds. The molecule has 0 atom stereocenters. The third-order valence-corrected chi connectivity index (χ3v) is 1.91. The van der Waals surface area contributed by atoms with E-state index >= 15 is 0 Å². The lowest BCUT2D eigenvalue weighted by molar-refractivity contribution is 1.68. The summed E-state index contributed by atoms with van der Waals surface area (Å²) in [5, 5.41) is 2.76. The van der Waals surface area contributed by atoms with Gasteiger partial charge in [-0.25, -0.2) is 0 Å². The molecule has 3 heteroatoms. The lowest BCUT2D eigenvalue weighted by Gasteiger charge is -1.95. The van der Waals surface area contributed by atoms with Crippen LogP contribution in [0.3, 0.4) is 0 Å². The Hall–Kier alpha value is -0.110. The van der Waals surface area contributed by atoms with Crippen molar-refractivity contribution in [2.45, 2.75) is 0 Å². The first kappa shape index (κ1) is 7.99. The number of benzene rings is 1. The smallest absolute Gasteiger partial charge is 0.0501 e. The molecule has 0 aliphatic heterocycles. The minimum absolute atomic E-state index is 0.600. The molecule has 0 aromatic heterocycles. The van der Waals surface area contributed by atoms with E-state index in [1.165, 1.54) is 5.37 Å². The molecular weight excluding hydrogens is 187 g/mol. The highest BCUT2D eigenvalue weighted by molar-refractivity contribution is 7.79. The highest BCUT2D eigenvalue weighted by atomic mass is 35.5. The van der Waals surface area contributed by atoms with Crippen LogP contribution in [-0.2, 0) is 0 Å². The van der Waals surface area contributed by atoms with Crippen molar-refractivity contribution in [2.75, 3.05) is 0 Å². The van der Waals surface area contributed by atoms with Crippen LogP contribution in [0.25, 0.3) is 0 Å². The van der Waals surface area contributed by atoms with E-state index in [-0.39, 0.29) is 0 Å². The van der Waals surface area contributed by atoms with Crippen molar-refractivity contribution in [3.05, 3.63) is 33.8 Å². The zero-order chi connectivity index (χ0) is 7.56. The van der Waals surface area contributed by atoms with Crippen LogP contribution in [0, 0.1) is 0 Å². The van der Waals surface area contributed by atoms with Crippen molar-refractivity contribution in [3.8, 4) is 0 Å². The Balaban J connectivity index is 3.19. The molecule has 52 valence electrons. The van der Waals surface area contributed by atoms with Crippen molar-refractivity contribution in [3.63, 3.8) is 0 Å². The Kier molecular flexibility index (Phi) is 2.66. The third kappa shape index (κ3) is 1.69. The van der Waals surface area contributed by atoms with E-state index in [2.05, 4.69) is 0 Å². The second-order valence-corrected chi connectivity index (χ2v) is 2.86. The van der Waals surface area contributed by atoms with Gasteiger partial charge in [-0.15, -0.1) is 0 Å². The van der Waals surface area contributed by atoms with Crippen LogP contribution in [0.1, 0.15) is 5.56 Å². The second-order valence-electron chi connectivity index (χ2n) is 1.78. The first-order valence-electron chi connectivity index (χ1n) is 2.64. The van der Waals surface area contributed by atoms with Gasteiger partial charge in [0.05, 0.1) is 5.02 Å². The van der Waals surface area contributed by atoms with Crippen molar-refractivity contribution in [2.24, 2.45) is 0 Å². The van der Waals surface area contributed by atoms with Crippen LogP contribution < -0.4 is 0 Å². The summed E-state index contributed by atoms with van der Waals surface area (Å²) < 4.78 is 0. The molecule has 1 aromatic rings. The maximum atomic E-state index is 5.75. The Morgan fingerprint density at radius 2 is 2.00 bits per heavy atom. The van der Waals surface area contributed by atoms with Crippen molar-refractivity contribution < 1.29 is 0 Å². The van der Waals surface area contributed by atoms with Crippen molar-refractivity contribution in [1.29, 1.82) is 0 Å². The fraction of sp³-hybridized carbons (Fsp3) is 0. The normalized spacial score (nSPS) is 9.40. The molecule has 10 heavy (non-hydrogen) atoms. The summed E-state index contributed by atoms with van der Waals surface area (Å²) >= 11 is 16.1. The SMILES string of the molecule is S=Cc1ccc(Cl)cc1Cl. The summed E-state index contributed by atoms with van der Waals surface area (Å²) in [5.41, 5.74) is 0.834. The topological polar surface area (TPSA) is 0 Å². The number of hydrogen-bond donors (Lipinski definition) is 0. The monoisotopic (exact) mass is 190 g/mol. The fourth-order valence-electron chi connectivity index (χ4n) is 0.597. The minimum atomic E-state index is 0.600. The van der Waals surface area contributed by atoms with E-state index in [0.29, 0.717) is 10.0 Å². The highest BCUT2D eigenvalue weighted by Gasteiger charge is 1.95. The number of thiocarbonyl (C=S) groups is 1. The fourth-order valence-corrected chi connectivity index (χ4v) is 1.33. The summed E-state index contributed by atoms with van der Waals surface area (Å²) in [5.74, 6) is 0. The molecule has 0 spiro atoms. The predicted molar refractivity (Wildman–Crippen MR) is 49.2 cm³/mol.